The summed E-state index contributed by atoms with van der Waals surface area (Å²) in [5.74, 6) is 0. The third-order valence-corrected chi connectivity index (χ3v) is 27.0. The van der Waals surface area contributed by atoms with E-state index in [9.17, 15) is 0 Å². The average molecular weight is 752 g/mol. The molecule has 0 aromatic rings. The number of aliphatic hydroxyl groups is 1. The summed E-state index contributed by atoms with van der Waals surface area (Å²) in [4.78, 5) is 0. The van der Waals surface area contributed by atoms with Gasteiger partial charge in [0.15, 0.2) is 16.6 Å². The Morgan fingerprint density at radius 1 is 0.340 bits per heavy atom. The van der Waals surface area contributed by atoms with Gasteiger partial charge in [0.05, 0.1) is 0 Å². The fourth-order valence-electron chi connectivity index (χ4n) is 7.06. The second-order valence-corrected chi connectivity index (χ2v) is 37.4. The van der Waals surface area contributed by atoms with Crippen molar-refractivity contribution in [3.8, 4) is 0 Å². The van der Waals surface area contributed by atoms with Gasteiger partial charge in [0.25, 0.3) is 0 Å². The van der Waals surface area contributed by atoms with Crippen molar-refractivity contribution in [3.63, 3.8) is 0 Å². The maximum absolute atomic E-state index is 8.99. The van der Waals surface area contributed by atoms with Gasteiger partial charge in [-0.15, -0.1) is 0 Å². The summed E-state index contributed by atoms with van der Waals surface area (Å²) in [5, 5.41) is 8.99. The molecule has 0 aromatic heterocycles. The summed E-state index contributed by atoms with van der Waals surface area (Å²) in [6.07, 6.45) is 30.4. The number of hydrogen-bond donors (Lipinski definition) is 1. The third kappa shape index (κ3) is 31.4. The van der Waals surface area contributed by atoms with Gasteiger partial charge in [-0.2, -0.15) is 0 Å². The Labute approximate surface area is 301 Å². The predicted molar refractivity (Wildman–Crippen MR) is 220 cm³/mol. The van der Waals surface area contributed by atoms with Crippen LogP contribution >= 0.6 is 0 Å². The van der Waals surface area contributed by atoms with Crippen LogP contribution in [0.2, 0.25) is 77.6 Å². The van der Waals surface area contributed by atoms with Crippen molar-refractivity contribution in [2.45, 2.75) is 232 Å². The van der Waals surface area contributed by atoms with Crippen LogP contribution < -0.4 is 0 Å². The Balaban J connectivity index is 5.02. The largest absolute Gasteiger partial charge is 0.437 e. The van der Waals surface area contributed by atoms with Gasteiger partial charge in [-0.05, 0) is 84.0 Å². The van der Waals surface area contributed by atoms with Crippen molar-refractivity contribution in [1.29, 1.82) is 0 Å². The molecule has 0 amide bonds. The first-order valence-corrected chi connectivity index (χ1v) is 35.0. The van der Waals surface area contributed by atoms with Gasteiger partial charge in [0.2, 0.25) is 0 Å². The second-order valence-electron chi connectivity index (χ2n) is 17.3. The summed E-state index contributed by atoms with van der Waals surface area (Å²) in [6, 6.07) is 2.11. The standard InChI is InChI=1S/C37H86O5Si5/c1-12-13-14-15-16-17-18-19-20-21-24-27-30-33-36-46(10,40-44(5,6)7)42-47(11,41-45(8,9)39-43(2,3)4)37-34-31-28-25-22-23-26-29-32-35-38/h38H,12-37H2,1-11H3. The molecule has 0 saturated carbocycles. The molecule has 2 atom stereocenters. The highest BCUT2D eigenvalue weighted by Crippen LogP contribution is 2.33. The van der Waals surface area contributed by atoms with Crippen molar-refractivity contribution < 1.29 is 21.6 Å². The van der Waals surface area contributed by atoms with Crippen LogP contribution in [0.5, 0.6) is 0 Å². The number of unbranched alkanes of at least 4 members (excludes halogenated alkanes) is 21. The molecule has 47 heavy (non-hydrogen) atoms. The zero-order chi connectivity index (χ0) is 35.7. The van der Waals surface area contributed by atoms with Crippen LogP contribution in [0.3, 0.4) is 0 Å². The highest BCUT2D eigenvalue weighted by atomic mass is 28.5. The van der Waals surface area contributed by atoms with Crippen LogP contribution in [0.25, 0.3) is 0 Å². The van der Waals surface area contributed by atoms with Gasteiger partial charge in [-0.25, -0.2) is 0 Å². The van der Waals surface area contributed by atoms with Crippen LogP contribution in [0.1, 0.15) is 155 Å². The molecule has 0 aliphatic heterocycles. The lowest BCUT2D eigenvalue weighted by molar-refractivity contribution is 0.282. The van der Waals surface area contributed by atoms with Gasteiger partial charge in [-0.1, -0.05) is 148 Å². The molecule has 0 aliphatic rings. The predicted octanol–water partition coefficient (Wildman–Crippen LogP) is 13.6. The molecule has 0 radical (unpaired) electrons. The van der Waals surface area contributed by atoms with Crippen LogP contribution in [-0.4, -0.2) is 54.0 Å². The molecule has 0 bridgehead atoms. The van der Waals surface area contributed by atoms with E-state index in [0.29, 0.717) is 6.61 Å². The van der Waals surface area contributed by atoms with E-state index in [1.54, 1.807) is 0 Å². The molecule has 0 rings (SSSR count). The van der Waals surface area contributed by atoms with Gasteiger partial charge in [0.1, 0.15) is 0 Å². The van der Waals surface area contributed by atoms with E-state index in [1.807, 2.05) is 0 Å². The molecule has 0 fully saturated rings. The van der Waals surface area contributed by atoms with Crippen LogP contribution in [0, 0.1) is 0 Å². The van der Waals surface area contributed by atoms with E-state index in [4.69, 9.17) is 21.6 Å². The number of aliphatic hydroxyl groups excluding tert-OH is 1. The zero-order valence-corrected chi connectivity index (χ0v) is 39.0. The quantitative estimate of drug-likeness (QED) is 0.0524. The van der Waals surface area contributed by atoms with E-state index >= 15 is 0 Å². The van der Waals surface area contributed by atoms with Gasteiger partial charge in [-0.3, -0.25) is 0 Å². The lowest BCUT2D eigenvalue weighted by Crippen LogP contribution is -2.60. The summed E-state index contributed by atoms with van der Waals surface area (Å²) in [6.45, 7) is 25.6. The molecular formula is C37H86O5Si5. The molecule has 5 nitrogen and oxygen atoms in total. The zero-order valence-electron chi connectivity index (χ0n) is 34.0. The molecule has 10 heteroatoms. The van der Waals surface area contributed by atoms with Crippen molar-refractivity contribution in [2.75, 3.05) is 6.61 Å². The third-order valence-electron chi connectivity index (χ3n) is 8.74. The lowest BCUT2D eigenvalue weighted by Gasteiger charge is -2.44. The van der Waals surface area contributed by atoms with E-state index in [2.05, 4.69) is 72.4 Å². The molecule has 1 N–H and O–H groups in total. The van der Waals surface area contributed by atoms with Gasteiger partial charge in [0, 0.05) is 6.61 Å². The minimum atomic E-state index is -2.52. The molecule has 2 unspecified atom stereocenters. The molecule has 0 aliphatic carbocycles. The minimum absolute atomic E-state index is 0.333. The van der Waals surface area contributed by atoms with Crippen molar-refractivity contribution >= 4 is 42.3 Å². The summed E-state index contributed by atoms with van der Waals surface area (Å²) in [7, 11) is -10.8. The molecule has 0 spiro atoms. The van der Waals surface area contributed by atoms with Crippen LogP contribution in [-0.2, 0) is 16.5 Å². The molecular weight excluding hydrogens is 665 g/mol. The average Bonchev–Trinajstić information content (AvgIpc) is 2.91. The first-order chi connectivity index (χ1) is 21.9. The van der Waals surface area contributed by atoms with E-state index < -0.39 is 42.3 Å². The van der Waals surface area contributed by atoms with Crippen LogP contribution in [0.15, 0.2) is 0 Å². The van der Waals surface area contributed by atoms with E-state index in [0.717, 1.165) is 24.9 Å². The second kappa shape index (κ2) is 26.6. The number of hydrogen-bond acceptors (Lipinski definition) is 5. The summed E-state index contributed by atoms with van der Waals surface area (Å²) < 4.78 is 28.2. The Morgan fingerprint density at radius 2 is 0.638 bits per heavy atom. The first kappa shape index (κ1) is 47.9. The summed E-state index contributed by atoms with van der Waals surface area (Å²) in [5.41, 5.74) is 0. The van der Waals surface area contributed by atoms with Gasteiger partial charge < -0.3 is 21.6 Å². The monoisotopic (exact) mass is 751 g/mol. The van der Waals surface area contributed by atoms with Crippen molar-refractivity contribution in [1.82, 2.24) is 0 Å². The highest BCUT2D eigenvalue weighted by molar-refractivity contribution is 6.90. The van der Waals surface area contributed by atoms with Crippen molar-refractivity contribution in [2.24, 2.45) is 0 Å². The molecule has 284 valence electrons. The highest BCUT2D eigenvalue weighted by Gasteiger charge is 2.48. The van der Waals surface area contributed by atoms with Gasteiger partial charge >= 0.3 is 25.7 Å². The Hall–Kier alpha value is 0.884. The maximum Gasteiger partial charge on any atom is 0.317 e. The first-order valence-electron chi connectivity index (χ1n) is 20.4. The van der Waals surface area contributed by atoms with E-state index in [-0.39, 0.29) is 0 Å². The summed E-state index contributed by atoms with van der Waals surface area (Å²) >= 11 is 0. The minimum Gasteiger partial charge on any atom is -0.437 e. The fraction of sp³-hybridized carbons (Fsp3) is 1.00. The smallest absolute Gasteiger partial charge is 0.317 e. The molecule has 0 heterocycles. The Morgan fingerprint density at radius 3 is 0.957 bits per heavy atom. The SMILES string of the molecule is CCCCCCCCCCCCCCCC[Si](C)(O[Si](C)(C)C)O[Si](C)(CCCCCCCCCCCO)O[Si](C)(C)O[Si](C)(C)C. The fourth-order valence-corrected chi connectivity index (χ4v) is 31.0. The Bertz CT molecular complexity index is 731. The maximum atomic E-state index is 8.99. The molecule has 0 saturated heterocycles. The van der Waals surface area contributed by atoms with E-state index in [1.165, 1.54) is 135 Å². The number of rotatable bonds is 34. The lowest BCUT2D eigenvalue weighted by atomic mass is 10.0. The molecule has 0 aromatic carbocycles. The normalized spacial score (nSPS) is 15.6. The van der Waals surface area contributed by atoms with Crippen molar-refractivity contribution in [3.05, 3.63) is 0 Å². The Kier molecular flexibility index (Phi) is 27.1. The van der Waals surface area contributed by atoms with Crippen LogP contribution in [0.4, 0.5) is 0 Å². The topological polar surface area (TPSA) is 57.2 Å².